The number of hydrogen-bond donors (Lipinski definition) is 3. The van der Waals surface area contributed by atoms with E-state index in [1.165, 1.54) is 154 Å². The molecule has 0 heterocycles. The fourth-order valence-corrected chi connectivity index (χ4v) is 5.44. The molecule has 0 rings (SSSR count). The van der Waals surface area contributed by atoms with Gasteiger partial charge in [-0.15, -0.1) is 0 Å². The zero-order valence-corrected chi connectivity index (χ0v) is 26.0. The summed E-state index contributed by atoms with van der Waals surface area (Å²) in [5, 5.41) is 22.2. The lowest BCUT2D eigenvalue weighted by Gasteiger charge is -2.22. The van der Waals surface area contributed by atoms with Crippen molar-refractivity contribution in [3.8, 4) is 0 Å². The second-order valence-corrected chi connectivity index (χ2v) is 11.9. The maximum absolute atomic E-state index is 11.4. The van der Waals surface area contributed by atoms with Crippen molar-refractivity contribution in [1.29, 1.82) is 0 Å². The van der Waals surface area contributed by atoms with Crippen LogP contribution in [0.15, 0.2) is 0 Å². The molecule has 0 spiro atoms. The fourth-order valence-electron chi connectivity index (χ4n) is 5.44. The third-order valence-electron chi connectivity index (χ3n) is 8.18. The van der Waals surface area contributed by atoms with Gasteiger partial charge in [-0.25, -0.2) is 0 Å². The highest BCUT2D eigenvalue weighted by molar-refractivity contribution is 5.75. The van der Waals surface area contributed by atoms with Gasteiger partial charge in [-0.3, -0.25) is 4.79 Å². The Kier molecular flexibility index (Phi) is 30.4. The number of aliphatic hydroxyl groups is 2. The van der Waals surface area contributed by atoms with E-state index >= 15 is 0 Å². The van der Waals surface area contributed by atoms with Crippen LogP contribution in [0.5, 0.6) is 0 Å². The van der Waals surface area contributed by atoms with E-state index in [2.05, 4.69) is 12.2 Å². The summed E-state index contributed by atoms with van der Waals surface area (Å²) >= 11 is 0. The van der Waals surface area contributed by atoms with Crippen molar-refractivity contribution in [3.05, 3.63) is 0 Å². The minimum absolute atomic E-state index is 0.117. The molecule has 0 fully saturated rings. The maximum atomic E-state index is 11.4. The van der Waals surface area contributed by atoms with Crippen LogP contribution < -0.4 is 5.32 Å². The first-order chi connectivity index (χ1) is 18.7. The molecular formula is C34H69NO3. The zero-order valence-electron chi connectivity index (χ0n) is 26.0. The van der Waals surface area contributed by atoms with E-state index in [0.29, 0.717) is 12.8 Å². The molecule has 0 aliphatic carbocycles. The van der Waals surface area contributed by atoms with Gasteiger partial charge >= 0.3 is 0 Å². The smallest absolute Gasteiger partial charge is 0.220 e. The third-order valence-corrected chi connectivity index (χ3v) is 8.18. The second-order valence-electron chi connectivity index (χ2n) is 11.9. The van der Waals surface area contributed by atoms with Crippen molar-refractivity contribution in [2.24, 2.45) is 0 Å². The van der Waals surface area contributed by atoms with E-state index in [4.69, 9.17) is 0 Å². The highest BCUT2D eigenvalue weighted by Gasteiger charge is 2.19. The highest BCUT2D eigenvalue weighted by Crippen LogP contribution is 2.16. The van der Waals surface area contributed by atoms with Crippen molar-refractivity contribution < 1.29 is 15.0 Å². The quantitative estimate of drug-likeness (QED) is 0.0768. The Balaban J connectivity index is 3.21. The molecule has 0 radical (unpaired) electrons. The lowest BCUT2D eigenvalue weighted by atomic mass is 10.0. The summed E-state index contributed by atoms with van der Waals surface area (Å²) in [4.78, 5) is 11.4. The molecule has 4 nitrogen and oxygen atoms in total. The van der Waals surface area contributed by atoms with Gasteiger partial charge in [0, 0.05) is 6.42 Å². The predicted octanol–water partition coefficient (Wildman–Crippen LogP) is 9.79. The van der Waals surface area contributed by atoms with E-state index in [9.17, 15) is 15.0 Å². The van der Waals surface area contributed by atoms with Crippen molar-refractivity contribution in [3.63, 3.8) is 0 Å². The largest absolute Gasteiger partial charge is 0.394 e. The van der Waals surface area contributed by atoms with E-state index in [1.54, 1.807) is 6.92 Å². The van der Waals surface area contributed by atoms with Crippen molar-refractivity contribution in [2.75, 3.05) is 6.61 Å². The Morgan fingerprint density at radius 3 is 1.08 bits per heavy atom. The molecule has 0 aromatic rings. The molecule has 0 aliphatic rings. The summed E-state index contributed by atoms with van der Waals surface area (Å²) in [6, 6.07) is -0.526. The van der Waals surface area contributed by atoms with E-state index in [-0.39, 0.29) is 12.5 Å². The molecular weight excluding hydrogens is 470 g/mol. The van der Waals surface area contributed by atoms with Crippen LogP contribution in [-0.2, 0) is 4.79 Å². The number of hydrogen-bond acceptors (Lipinski definition) is 3. The normalized spacial score (nSPS) is 13.1. The lowest BCUT2D eigenvalue weighted by Crippen LogP contribution is -2.45. The van der Waals surface area contributed by atoms with Gasteiger partial charge in [-0.1, -0.05) is 181 Å². The van der Waals surface area contributed by atoms with Gasteiger partial charge in [0.2, 0.25) is 5.91 Å². The number of nitrogens with one attached hydrogen (secondary N) is 1. The minimum atomic E-state index is -0.648. The first kappa shape index (κ1) is 37.4. The first-order valence-corrected chi connectivity index (χ1v) is 17.2. The molecule has 3 N–H and O–H groups in total. The monoisotopic (exact) mass is 540 g/mol. The first-order valence-electron chi connectivity index (χ1n) is 17.2. The SMILES string of the molecule is CCCCCCCCCCCCCCCCCCCCCCCCCCCCC(O)C(CO)NC(=O)CC. The summed E-state index contributed by atoms with van der Waals surface area (Å²) in [5.74, 6) is -0.117. The van der Waals surface area contributed by atoms with E-state index < -0.39 is 12.1 Å². The van der Waals surface area contributed by atoms with Crippen LogP contribution in [0.4, 0.5) is 0 Å². The number of rotatable bonds is 31. The summed E-state index contributed by atoms with van der Waals surface area (Å²) in [7, 11) is 0. The van der Waals surface area contributed by atoms with Gasteiger partial charge in [-0.05, 0) is 6.42 Å². The molecule has 2 unspecified atom stereocenters. The molecule has 2 atom stereocenters. The Hall–Kier alpha value is -0.610. The van der Waals surface area contributed by atoms with Crippen LogP contribution >= 0.6 is 0 Å². The van der Waals surface area contributed by atoms with Gasteiger partial charge < -0.3 is 15.5 Å². The summed E-state index contributed by atoms with van der Waals surface area (Å²) < 4.78 is 0. The Bertz CT molecular complexity index is 471. The van der Waals surface area contributed by atoms with Crippen LogP contribution in [0.25, 0.3) is 0 Å². The number of aliphatic hydroxyl groups excluding tert-OH is 2. The second kappa shape index (κ2) is 30.9. The van der Waals surface area contributed by atoms with Gasteiger partial charge in [0.1, 0.15) is 0 Å². The van der Waals surface area contributed by atoms with Gasteiger partial charge in [0.05, 0.1) is 18.8 Å². The van der Waals surface area contributed by atoms with E-state index in [1.807, 2.05) is 0 Å². The number of unbranched alkanes of at least 4 members (excludes halogenated alkanes) is 25. The topological polar surface area (TPSA) is 69.6 Å². The summed E-state index contributed by atoms with van der Waals surface area (Å²) in [6.45, 7) is 3.87. The summed E-state index contributed by atoms with van der Waals surface area (Å²) in [5.41, 5.74) is 0. The van der Waals surface area contributed by atoms with Crippen LogP contribution in [0.3, 0.4) is 0 Å². The lowest BCUT2D eigenvalue weighted by molar-refractivity contribution is -0.122. The average Bonchev–Trinajstić information content (AvgIpc) is 2.93. The predicted molar refractivity (Wildman–Crippen MR) is 166 cm³/mol. The molecule has 4 heteroatoms. The van der Waals surface area contributed by atoms with Crippen molar-refractivity contribution in [2.45, 2.75) is 206 Å². The Morgan fingerprint density at radius 1 is 0.526 bits per heavy atom. The molecule has 38 heavy (non-hydrogen) atoms. The fraction of sp³-hybridized carbons (Fsp3) is 0.971. The van der Waals surface area contributed by atoms with Crippen LogP contribution in [0.1, 0.15) is 194 Å². The van der Waals surface area contributed by atoms with Crippen LogP contribution in [0.2, 0.25) is 0 Å². The van der Waals surface area contributed by atoms with Gasteiger partial charge in [0.25, 0.3) is 0 Å². The number of amides is 1. The molecule has 0 bridgehead atoms. The Labute approximate surface area is 238 Å². The molecule has 1 amide bonds. The zero-order chi connectivity index (χ0) is 27.9. The maximum Gasteiger partial charge on any atom is 0.220 e. The van der Waals surface area contributed by atoms with Crippen LogP contribution in [0, 0.1) is 0 Å². The van der Waals surface area contributed by atoms with Gasteiger partial charge in [0.15, 0.2) is 0 Å². The van der Waals surface area contributed by atoms with Gasteiger partial charge in [-0.2, -0.15) is 0 Å². The highest BCUT2D eigenvalue weighted by atomic mass is 16.3. The van der Waals surface area contributed by atoms with Crippen LogP contribution in [-0.4, -0.2) is 34.9 Å². The number of carbonyl (C=O) groups is 1. The molecule has 228 valence electrons. The third kappa shape index (κ3) is 27.0. The van der Waals surface area contributed by atoms with Crippen molar-refractivity contribution in [1.82, 2.24) is 5.32 Å². The standard InChI is InChI=1S/C34H69NO3/c1-3-5-6-7-8-9-10-11-12-13-14-15-16-17-18-19-20-21-22-23-24-25-26-27-28-29-30-33(37)32(31-36)35-34(38)4-2/h32-33,36-37H,3-31H2,1-2H3,(H,35,38). The van der Waals surface area contributed by atoms with Crippen molar-refractivity contribution >= 4 is 5.91 Å². The molecule has 0 aromatic carbocycles. The average molecular weight is 540 g/mol. The molecule has 0 aromatic heterocycles. The molecule has 0 saturated carbocycles. The molecule has 0 aliphatic heterocycles. The number of carbonyl (C=O) groups excluding carboxylic acids is 1. The summed E-state index contributed by atoms with van der Waals surface area (Å²) in [6.07, 6.45) is 36.4. The molecule has 0 saturated heterocycles. The Morgan fingerprint density at radius 2 is 0.816 bits per heavy atom. The minimum Gasteiger partial charge on any atom is -0.394 e. The van der Waals surface area contributed by atoms with E-state index in [0.717, 1.165) is 12.8 Å².